The van der Waals surface area contributed by atoms with E-state index in [4.69, 9.17) is 9.47 Å². The second kappa shape index (κ2) is 4.96. The summed E-state index contributed by atoms with van der Waals surface area (Å²) in [6.07, 6.45) is 5.84. The minimum Gasteiger partial charge on any atom is -0.454 e. The highest BCUT2D eigenvalue weighted by atomic mass is 16.7. The van der Waals surface area contributed by atoms with Gasteiger partial charge in [-0.3, -0.25) is 0 Å². The highest BCUT2D eigenvalue weighted by Gasteiger charge is 2.41. The number of ether oxygens (including phenoxy) is 2. The summed E-state index contributed by atoms with van der Waals surface area (Å²) in [5.41, 5.74) is 1.29. The lowest BCUT2D eigenvalue weighted by molar-refractivity contribution is 0.174. The van der Waals surface area contributed by atoms with Gasteiger partial charge in [-0.15, -0.1) is 0 Å². The molecule has 4 rings (SSSR count). The molecule has 1 unspecified atom stereocenters. The van der Waals surface area contributed by atoms with Gasteiger partial charge in [0.2, 0.25) is 6.79 Å². The molecule has 2 fully saturated rings. The first-order valence-corrected chi connectivity index (χ1v) is 7.94. The van der Waals surface area contributed by atoms with Crippen molar-refractivity contribution < 1.29 is 9.47 Å². The first kappa shape index (κ1) is 12.5. The highest BCUT2D eigenvalue weighted by molar-refractivity contribution is 5.45. The van der Waals surface area contributed by atoms with E-state index in [9.17, 15) is 0 Å². The summed E-state index contributed by atoms with van der Waals surface area (Å²) in [4.78, 5) is 0. The molecular formula is C17H23NO2. The van der Waals surface area contributed by atoms with Crippen LogP contribution in [0, 0.1) is 17.8 Å². The number of hydrogen-bond donors (Lipinski definition) is 1. The first-order valence-electron chi connectivity index (χ1n) is 7.94. The van der Waals surface area contributed by atoms with E-state index in [0.717, 1.165) is 29.3 Å². The summed E-state index contributed by atoms with van der Waals surface area (Å²) in [6, 6.07) is 6.66. The lowest BCUT2D eigenvalue weighted by atomic mass is 9.97. The van der Waals surface area contributed by atoms with Crippen molar-refractivity contribution in [1.82, 2.24) is 5.32 Å². The molecule has 1 aliphatic heterocycles. The van der Waals surface area contributed by atoms with E-state index >= 15 is 0 Å². The molecule has 2 aliphatic carbocycles. The van der Waals surface area contributed by atoms with Crippen LogP contribution < -0.4 is 14.8 Å². The Hall–Kier alpha value is -1.22. The fourth-order valence-corrected chi connectivity index (χ4v) is 3.38. The summed E-state index contributed by atoms with van der Waals surface area (Å²) in [6.45, 7) is 3.77. The molecular weight excluding hydrogens is 250 g/mol. The van der Waals surface area contributed by atoms with E-state index < -0.39 is 0 Å². The second-order valence-electron chi connectivity index (χ2n) is 6.58. The molecule has 0 aromatic heterocycles. The number of hydrogen-bond acceptors (Lipinski definition) is 3. The minimum atomic E-state index is 0.353. The van der Waals surface area contributed by atoms with Crippen LogP contribution in [0.2, 0.25) is 0 Å². The third-order valence-electron chi connectivity index (χ3n) is 5.01. The molecule has 0 saturated heterocycles. The van der Waals surface area contributed by atoms with Crippen LogP contribution in [0.15, 0.2) is 18.2 Å². The van der Waals surface area contributed by atoms with Crippen molar-refractivity contribution >= 4 is 0 Å². The topological polar surface area (TPSA) is 30.5 Å². The number of fused-ring (bicyclic) bond motifs is 1. The van der Waals surface area contributed by atoms with E-state index in [2.05, 4.69) is 24.4 Å². The largest absolute Gasteiger partial charge is 0.454 e. The fourth-order valence-electron chi connectivity index (χ4n) is 3.38. The minimum absolute atomic E-state index is 0.353. The molecule has 1 atom stereocenters. The average Bonchev–Trinajstić information content (AvgIpc) is 3.38. The van der Waals surface area contributed by atoms with Crippen LogP contribution in [0.25, 0.3) is 0 Å². The van der Waals surface area contributed by atoms with Gasteiger partial charge in [-0.2, -0.15) is 0 Å². The molecule has 0 radical (unpaired) electrons. The summed E-state index contributed by atoms with van der Waals surface area (Å²) >= 11 is 0. The normalized spacial score (nSPS) is 22.3. The predicted octanol–water partition coefficient (Wildman–Crippen LogP) is 3.50. The van der Waals surface area contributed by atoms with Crippen LogP contribution in [0.4, 0.5) is 0 Å². The third-order valence-corrected chi connectivity index (χ3v) is 5.01. The van der Waals surface area contributed by atoms with Gasteiger partial charge < -0.3 is 14.8 Å². The predicted molar refractivity (Wildman–Crippen MR) is 77.9 cm³/mol. The fraction of sp³-hybridized carbons (Fsp3) is 0.647. The van der Waals surface area contributed by atoms with Crippen molar-refractivity contribution in [2.24, 2.45) is 17.8 Å². The van der Waals surface area contributed by atoms with Gasteiger partial charge in [-0.1, -0.05) is 6.07 Å². The summed E-state index contributed by atoms with van der Waals surface area (Å²) in [5, 5.41) is 3.74. The van der Waals surface area contributed by atoms with Crippen LogP contribution in [-0.4, -0.2) is 13.3 Å². The second-order valence-corrected chi connectivity index (χ2v) is 6.58. The molecule has 0 spiro atoms. The quantitative estimate of drug-likeness (QED) is 0.860. The molecule has 3 aliphatic rings. The van der Waals surface area contributed by atoms with E-state index in [1.165, 1.54) is 37.8 Å². The van der Waals surface area contributed by atoms with Gasteiger partial charge in [0.25, 0.3) is 0 Å². The Morgan fingerprint density at radius 1 is 1.10 bits per heavy atom. The van der Waals surface area contributed by atoms with Gasteiger partial charge in [0.05, 0.1) is 0 Å². The molecule has 1 N–H and O–H groups in total. The van der Waals surface area contributed by atoms with Crippen LogP contribution in [0.1, 0.15) is 44.2 Å². The molecule has 1 heterocycles. The zero-order chi connectivity index (χ0) is 13.5. The van der Waals surface area contributed by atoms with Crippen LogP contribution >= 0.6 is 0 Å². The lowest BCUT2D eigenvalue weighted by Gasteiger charge is -2.21. The summed E-state index contributed by atoms with van der Waals surface area (Å²) < 4.78 is 10.8. The maximum absolute atomic E-state index is 5.46. The third kappa shape index (κ3) is 2.51. The molecule has 0 bridgehead atoms. The lowest BCUT2D eigenvalue weighted by Crippen LogP contribution is -2.28. The van der Waals surface area contributed by atoms with Crippen molar-refractivity contribution in [3.8, 4) is 11.5 Å². The standard InChI is InChI=1S/C17H23NO2/c1-11(14-6-7-16-17(8-14)20-10-19-16)18-9-15(12-2-3-12)13-4-5-13/h6-8,11-13,15,18H,2-5,9-10H2,1H3. The Balaban J connectivity index is 1.38. The van der Waals surface area contributed by atoms with Crippen LogP contribution in [0.5, 0.6) is 11.5 Å². The van der Waals surface area contributed by atoms with Crippen molar-refractivity contribution in [1.29, 1.82) is 0 Å². The Morgan fingerprint density at radius 3 is 2.50 bits per heavy atom. The molecule has 1 aromatic carbocycles. The van der Waals surface area contributed by atoms with E-state index in [1.54, 1.807) is 0 Å². The molecule has 3 heteroatoms. The Kier molecular flexibility index (Phi) is 3.10. The van der Waals surface area contributed by atoms with Crippen LogP contribution in [0.3, 0.4) is 0 Å². The van der Waals surface area contributed by atoms with E-state index in [0.29, 0.717) is 12.8 Å². The monoisotopic (exact) mass is 273 g/mol. The average molecular weight is 273 g/mol. The molecule has 3 nitrogen and oxygen atoms in total. The highest BCUT2D eigenvalue weighted by Crippen LogP contribution is 2.49. The van der Waals surface area contributed by atoms with Gasteiger partial charge in [0.15, 0.2) is 11.5 Å². The van der Waals surface area contributed by atoms with E-state index in [-0.39, 0.29) is 0 Å². The van der Waals surface area contributed by atoms with Crippen LogP contribution in [-0.2, 0) is 0 Å². The molecule has 1 aromatic rings. The number of benzene rings is 1. The Bertz CT molecular complexity index is 482. The maximum atomic E-state index is 5.46. The molecule has 108 valence electrons. The zero-order valence-electron chi connectivity index (χ0n) is 12.1. The van der Waals surface area contributed by atoms with Crippen molar-refractivity contribution in [2.75, 3.05) is 13.3 Å². The maximum Gasteiger partial charge on any atom is 0.231 e. The smallest absolute Gasteiger partial charge is 0.231 e. The Morgan fingerprint density at radius 2 is 1.80 bits per heavy atom. The van der Waals surface area contributed by atoms with E-state index in [1.807, 2.05) is 6.07 Å². The van der Waals surface area contributed by atoms with Crippen molar-refractivity contribution in [3.05, 3.63) is 23.8 Å². The van der Waals surface area contributed by atoms with Gasteiger partial charge in [-0.05, 0) is 74.6 Å². The Labute approximate surface area is 120 Å². The van der Waals surface area contributed by atoms with Crippen molar-refractivity contribution in [2.45, 2.75) is 38.6 Å². The number of nitrogens with one attached hydrogen (secondary N) is 1. The molecule has 2 saturated carbocycles. The summed E-state index contributed by atoms with van der Waals surface area (Å²) in [7, 11) is 0. The zero-order valence-corrected chi connectivity index (χ0v) is 12.1. The van der Waals surface area contributed by atoms with Gasteiger partial charge in [-0.25, -0.2) is 0 Å². The molecule has 20 heavy (non-hydrogen) atoms. The number of rotatable bonds is 6. The van der Waals surface area contributed by atoms with Gasteiger partial charge in [0, 0.05) is 6.04 Å². The molecule has 0 amide bonds. The van der Waals surface area contributed by atoms with Gasteiger partial charge in [0.1, 0.15) is 0 Å². The SMILES string of the molecule is CC(NCC(C1CC1)C1CC1)c1ccc2c(c1)OCO2. The van der Waals surface area contributed by atoms with Crippen molar-refractivity contribution in [3.63, 3.8) is 0 Å². The summed E-state index contributed by atoms with van der Waals surface area (Å²) in [5.74, 6) is 4.70. The first-order chi connectivity index (χ1) is 9.81. The van der Waals surface area contributed by atoms with Gasteiger partial charge >= 0.3 is 0 Å².